The van der Waals surface area contributed by atoms with Crippen molar-refractivity contribution in [1.82, 2.24) is 10.2 Å². The van der Waals surface area contributed by atoms with Crippen molar-refractivity contribution in [1.29, 1.82) is 0 Å². The number of nitrogens with one attached hydrogen (secondary N) is 1. The number of phenols is 2. The summed E-state index contributed by atoms with van der Waals surface area (Å²) in [5.74, 6) is 1.08. The van der Waals surface area contributed by atoms with Crippen LogP contribution < -0.4 is 15.1 Å². The summed E-state index contributed by atoms with van der Waals surface area (Å²) in [6.07, 6.45) is 7.21. The number of anilines is 2. The molecule has 2 saturated heterocycles. The molecule has 2 aliphatic rings. The van der Waals surface area contributed by atoms with Gasteiger partial charge in [-0.3, -0.25) is 9.59 Å². The standard InChI is InChI=1S/C22H28N2O2.C14H20N2O.C8H9BrO/c1-2-22(26)24(19-6-4-3-5-7-19)20-13-16-23(17-14-20)15-12-18-8-10-21(25)11-9-18;1-2-14(17)16(12-6-4-3-5-7-12)13-8-10-15-11-9-13;9-6-5-7-1-3-8(10)4-2-7/h3-11,20,25H,2,12-17H2,1H3;3-7,13,15H,2,8-11H2,1H3;1-4,10H,5-6H2. The number of carbonyl (C=O) groups is 2. The summed E-state index contributed by atoms with van der Waals surface area (Å²) in [4.78, 5) is 31.1. The molecule has 4 aromatic rings. The number of benzene rings is 4. The molecule has 0 spiro atoms. The third-order valence-electron chi connectivity index (χ3n) is 9.78. The topological polar surface area (TPSA) is 96.4 Å². The van der Waals surface area contributed by atoms with Crippen molar-refractivity contribution in [2.45, 2.75) is 77.3 Å². The first-order valence-electron chi connectivity index (χ1n) is 19.1. The molecule has 9 heteroatoms. The van der Waals surface area contributed by atoms with E-state index >= 15 is 0 Å². The van der Waals surface area contributed by atoms with Gasteiger partial charge in [-0.05, 0) is 111 Å². The number of carbonyl (C=O) groups excluding carboxylic acids is 2. The maximum atomic E-state index is 12.5. The fourth-order valence-corrected chi connectivity index (χ4v) is 7.28. The second kappa shape index (κ2) is 22.8. The van der Waals surface area contributed by atoms with Gasteiger partial charge in [0.1, 0.15) is 11.5 Å². The van der Waals surface area contributed by atoms with Crippen LogP contribution in [-0.4, -0.2) is 77.1 Å². The molecular formula is C44H57BrN4O4. The smallest absolute Gasteiger partial charge is 0.226 e. The van der Waals surface area contributed by atoms with E-state index < -0.39 is 0 Å². The van der Waals surface area contributed by atoms with Gasteiger partial charge in [0, 0.05) is 61.3 Å². The van der Waals surface area contributed by atoms with Crippen LogP contribution in [-0.2, 0) is 22.4 Å². The van der Waals surface area contributed by atoms with E-state index in [9.17, 15) is 14.7 Å². The first-order valence-corrected chi connectivity index (χ1v) is 20.2. The van der Waals surface area contributed by atoms with E-state index in [0.29, 0.717) is 30.4 Å². The molecule has 0 unspecified atom stereocenters. The number of halogens is 1. The fraction of sp³-hybridized carbons (Fsp3) is 0.409. The Morgan fingerprint density at radius 2 is 1.06 bits per heavy atom. The van der Waals surface area contributed by atoms with Crippen LogP contribution in [0, 0.1) is 0 Å². The Kier molecular flexibility index (Phi) is 17.9. The zero-order chi connectivity index (χ0) is 37.8. The molecule has 284 valence electrons. The number of aromatic hydroxyl groups is 2. The van der Waals surface area contributed by atoms with Crippen LogP contribution in [0.1, 0.15) is 63.5 Å². The summed E-state index contributed by atoms with van der Waals surface area (Å²) in [5.41, 5.74) is 4.54. The fourth-order valence-electron chi connectivity index (χ4n) is 6.82. The van der Waals surface area contributed by atoms with Gasteiger partial charge in [-0.2, -0.15) is 0 Å². The van der Waals surface area contributed by atoms with Crippen LogP contribution in [0.5, 0.6) is 11.5 Å². The Bertz CT molecular complexity index is 1610. The molecule has 0 radical (unpaired) electrons. The Morgan fingerprint density at radius 3 is 1.47 bits per heavy atom. The number of hydrogen-bond acceptors (Lipinski definition) is 6. The van der Waals surface area contributed by atoms with Gasteiger partial charge in [0.15, 0.2) is 0 Å². The maximum Gasteiger partial charge on any atom is 0.226 e. The average molecular weight is 786 g/mol. The molecule has 0 bridgehead atoms. The Hall–Kier alpha value is -4.18. The Labute approximate surface area is 325 Å². The number of nitrogens with zero attached hydrogens (tertiary/aromatic N) is 3. The number of para-hydroxylation sites is 2. The molecule has 0 aromatic heterocycles. The lowest BCUT2D eigenvalue weighted by atomic mass is 10.0. The molecule has 0 aliphatic carbocycles. The highest BCUT2D eigenvalue weighted by molar-refractivity contribution is 9.09. The normalized spacial score (nSPS) is 14.9. The van der Waals surface area contributed by atoms with Crippen molar-refractivity contribution in [3.8, 4) is 11.5 Å². The minimum absolute atomic E-state index is 0.207. The molecule has 0 atom stereocenters. The molecule has 3 N–H and O–H groups in total. The van der Waals surface area contributed by atoms with Gasteiger partial charge in [0.2, 0.25) is 11.8 Å². The number of rotatable bonds is 11. The van der Waals surface area contributed by atoms with Crippen molar-refractivity contribution in [2.75, 3.05) is 47.9 Å². The Morgan fingerprint density at radius 1 is 0.642 bits per heavy atom. The lowest BCUT2D eigenvalue weighted by Gasteiger charge is -2.38. The highest BCUT2D eigenvalue weighted by atomic mass is 79.9. The number of piperidine rings is 2. The van der Waals surface area contributed by atoms with Gasteiger partial charge >= 0.3 is 0 Å². The second-order valence-electron chi connectivity index (χ2n) is 13.5. The van der Waals surface area contributed by atoms with Gasteiger partial charge in [-0.15, -0.1) is 0 Å². The highest BCUT2D eigenvalue weighted by Gasteiger charge is 2.28. The lowest BCUT2D eigenvalue weighted by Crippen LogP contribution is -2.47. The number of alkyl halides is 1. The highest BCUT2D eigenvalue weighted by Crippen LogP contribution is 2.25. The van der Waals surface area contributed by atoms with Crippen LogP contribution in [0.4, 0.5) is 11.4 Å². The summed E-state index contributed by atoms with van der Waals surface area (Å²) in [6, 6.07) is 35.4. The predicted octanol–water partition coefficient (Wildman–Crippen LogP) is 8.35. The number of amides is 2. The summed E-state index contributed by atoms with van der Waals surface area (Å²) in [5, 5.41) is 22.6. The molecule has 0 saturated carbocycles. The van der Waals surface area contributed by atoms with Crippen LogP contribution >= 0.6 is 15.9 Å². The van der Waals surface area contributed by atoms with Crippen molar-refractivity contribution in [3.63, 3.8) is 0 Å². The van der Waals surface area contributed by atoms with Crippen molar-refractivity contribution >= 4 is 39.1 Å². The Balaban J connectivity index is 0.000000198. The van der Waals surface area contributed by atoms with Gasteiger partial charge in [-0.1, -0.05) is 90.4 Å². The van der Waals surface area contributed by atoms with Crippen LogP contribution in [0.3, 0.4) is 0 Å². The van der Waals surface area contributed by atoms with Crippen LogP contribution in [0.25, 0.3) is 0 Å². The molecule has 4 aromatic carbocycles. The van der Waals surface area contributed by atoms with Crippen LogP contribution in [0.2, 0.25) is 0 Å². The predicted molar refractivity (Wildman–Crippen MR) is 221 cm³/mol. The molecule has 2 heterocycles. The lowest BCUT2D eigenvalue weighted by molar-refractivity contribution is -0.119. The van der Waals surface area contributed by atoms with Crippen molar-refractivity contribution < 1.29 is 19.8 Å². The second-order valence-corrected chi connectivity index (χ2v) is 14.3. The van der Waals surface area contributed by atoms with Crippen molar-refractivity contribution in [3.05, 3.63) is 120 Å². The number of hydrogen-bond donors (Lipinski definition) is 3. The summed E-state index contributed by atoms with van der Waals surface area (Å²) >= 11 is 3.34. The molecule has 2 aliphatic heterocycles. The maximum absolute atomic E-state index is 12.5. The van der Waals surface area contributed by atoms with Crippen LogP contribution in [0.15, 0.2) is 109 Å². The average Bonchev–Trinajstić information content (AvgIpc) is 3.21. The quantitative estimate of drug-likeness (QED) is 0.132. The zero-order valence-corrected chi connectivity index (χ0v) is 33.0. The zero-order valence-electron chi connectivity index (χ0n) is 31.4. The van der Waals surface area contributed by atoms with E-state index in [0.717, 1.165) is 88.0 Å². The number of likely N-dealkylation sites (tertiary alicyclic amines) is 1. The summed E-state index contributed by atoms with van der Waals surface area (Å²) in [6.45, 7) is 8.93. The van der Waals surface area contributed by atoms with E-state index in [2.05, 4.69) is 26.1 Å². The molecule has 2 amide bonds. The van der Waals surface area contributed by atoms with Gasteiger partial charge < -0.3 is 30.2 Å². The third kappa shape index (κ3) is 13.6. The van der Waals surface area contributed by atoms with Gasteiger partial charge in [0.05, 0.1) is 0 Å². The van der Waals surface area contributed by atoms with E-state index in [4.69, 9.17) is 5.11 Å². The SMILES string of the molecule is CCC(=O)N(c1ccccc1)C1CCN(CCc2ccc(O)cc2)CC1.CCC(=O)N(c1ccccc1)C1CCNCC1.Oc1ccc(CCBr)cc1. The molecule has 8 nitrogen and oxygen atoms in total. The van der Waals surface area contributed by atoms with E-state index in [1.165, 1.54) is 11.1 Å². The van der Waals surface area contributed by atoms with E-state index in [-0.39, 0.29) is 17.9 Å². The first-order chi connectivity index (χ1) is 25.8. The van der Waals surface area contributed by atoms with Gasteiger partial charge in [-0.25, -0.2) is 0 Å². The monoisotopic (exact) mass is 784 g/mol. The van der Waals surface area contributed by atoms with Gasteiger partial charge in [0.25, 0.3) is 0 Å². The third-order valence-corrected chi connectivity index (χ3v) is 10.2. The largest absolute Gasteiger partial charge is 0.508 e. The number of aryl methyl sites for hydroxylation is 1. The first kappa shape index (κ1) is 41.6. The van der Waals surface area contributed by atoms with E-state index in [1.54, 1.807) is 24.3 Å². The molecular weight excluding hydrogens is 728 g/mol. The van der Waals surface area contributed by atoms with E-state index in [1.807, 2.05) is 109 Å². The minimum atomic E-state index is 0.207. The number of phenolic OH excluding ortho intramolecular Hbond substituents is 2. The molecule has 6 rings (SSSR count). The molecule has 53 heavy (non-hydrogen) atoms. The summed E-state index contributed by atoms with van der Waals surface area (Å²) < 4.78 is 0. The minimum Gasteiger partial charge on any atom is -0.508 e. The summed E-state index contributed by atoms with van der Waals surface area (Å²) in [7, 11) is 0. The van der Waals surface area contributed by atoms with Crippen molar-refractivity contribution in [2.24, 2.45) is 0 Å². The molecule has 2 fully saturated rings.